The highest BCUT2D eigenvalue weighted by atomic mass is 35.5. The Morgan fingerprint density at radius 1 is 1.35 bits per heavy atom. The van der Waals surface area contributed by atoms with Crippen LogP contribution in [0.2, 0.25) is 5.02 Å². The number of aliphatic hydroxyl groups is 1. The molecule has 0 fully saturated rings. The Kier molecular flexibility index (Phi) is 2.82. The van der Waals surface area contributed by atoms with Gasteiger partial charge in [0.2, 0.25) is 0 Å². The number of thioether (sulfide) groups is 1. The van der Waals surface area contributed by atoms with Gasteiger partial charge in [-0.25, -0.2) is 0 Å². The summed E-state index contributed by atoms with van der Waals surface area (Å²) in [4.78, 5) is 5.32. The first-order valence-electron chi connectivity index (χ1n) is 5.30. The predicted octanol–water partition coefficient (Wildman–Crippen LogP) is 3.42. The number of aliphatic hydroxyl groups excluding tert-OH is 1. The fourth-order valence-electron chi connectivity index (χ4n) is 1.98. The maximum Gasteiger partial charge on any atom is 0.122 e. The highest BCUT2D eigenvalue weighted by molar-refractivity contribution is 7.98. The molecule has 17 heavy (non-hydrogen) atoms. The maximum atomic E-state index is 10.4. The predicted molar refractivity (Wildman–Crippen MR) is 69.3 cm³/mol. The number of halogens is 1. The normalized spacial score (nSPS) is 18.1. The van der Waals surface area contributed by atoms with Crippen LogP contribution in [-0.2, 0) is 5.75 Å². The van der Waals surface area contributed by atoms with Crippen LogP contribution >= 0.6 is 23.4 Å². The van der Waals surface area contributed by atoms with E-state index in [1.54, 1.807) is 24.0 Å². The van der Waals surface area contributed by atoms with Gasteiger partial charge in [-0.15, -0.1) is 11.8 Å². The molecule has 1 unspecified atom stereocenters. The fourth-order valence-corrected chi connectivity index (χ4v) is 3.33. The van der Waals surface area contributed by atoms with E-state index in [9.17, 15) is 5.11 Å². The SMILES string of the molecule is OC1c2ccc(Cl)cc2SCc2cccnc21. The van der Waals surface area contributed by atoms with Crippen molar-refractivity contribution in [3.63, 3.8) is 0 Å². The van der Waals surface area contributed by atoms with E-state index < -0.39 is 6.10 Å². The molecule has 0 saturated carbocycles. The van der Waals surface area contributed by atoms with Crippen molar-refractivity contribution in [1.82, 2.24) is 4.98 Å². The van der Waals surface area contributed by atoms with Crippen LogP contribution < -0.4 is 0 Å². The van der Waals surface area contributed by atoms with Crippen molar-refractivity contribution in [2.45, 2.75) is 16.8 Å². The lowest BCUT2D eigenvalue weighted by molar-refractivity contribution is 0.212. The molecule has 0 aliphatic carbocycles. The molecule has 1 aromatic carbocycles. The molecular formula is C13H10ClNOS. The number of hydrogen-bond acceptors (Lipinski definition) is 3. The highest BCUT2D eigenvalue weighted by Crippen LogP contribution is 2.39. The highest BCUT2D eigenvalue weighted by Gasteiger charge is 2.22. The van der Waals surface area contributed by atoms with E-state index in [0.717, 1.165) is 27.5 Å². The molecular weight excluding hydrogens is 254 g/mol. The van der Waals surface area contributed by atoms with Gasteiger partial charge >= 0.3 is 0 Å². The van der Waals surface area contributed by atoms with Crippen LogP contribution in [0.5, 0.6) is 0 Å². The van der Waals surface area contributed by atoms with Gasteiger partial charge in [-0.2, -0.15) is 0 Å². The van der Waals surface area contributed by atoms with E-state index in [0.29, 0.717) is 5.02 Å². The minimum absolute atomic E-state index is 0.659. The molecule has 1 aromatic heterocycles. The topological polar surface area (TPSA) is 33.1 Å². The standard InChI is InChI=1S/C13H10ClNOS/c14-9-3-4-10-11(6-9)17-7-8-2-1-5-15-12(8)13(10)16/h1-6,13,16H,7H2. The van der Waals surface area contributed by atoms with Crippen molar-refractivity contribution < 1.29 is 5.11 Å². The van der Waals surface area contributed by atoms with Gasteiger partial charge in [-0.05, 0) is 23.8 Å². The van der Waals surface area contributed by atoms with Crippen LogP contribution in [0.1, 0.15) is 22.9 Å². The van der Waals surface area contributed by atoms with Crippen molar-refractivity contribution >= 4 is 23.4 Å². The van der Waals surface area contributed by atoms with Crippen LogP contribution in [0, 0.1) is 0 Å². The number of rotatable bonds is 0. The Morgan fingerprint density at radius 3 is 3.12 bits per heavy atom. The lowest BCUT2D eigenvalue weighted by Crippen LogP contribution is -2.04. The molecule has 1 atom stereocenters. The average Bonchev–Trinajstić information content (AvgIpc) is 2.48. The average molecular weight is 264 g/mol. The molecule has 1 aliphatic heterocycles. The largest absolute Gasteiger partial charge is 0.382 e. The summed E-state index contributed by atoms with van der Waals surface area (Å²) in [6.45, 7) is 0. The number of hydrogen-bond donors (Lipinski definition) is 1. The maximum absolute atomic E-state index is 10.4. The summed E-state index contributed by atoms with van der Waals surface area (Å²) in [5, 5.41) is 11.1. The fraction of sp³-hybridized carbons (Fsp3) is 0.154. The Balaban J connectivity index is 2.16. The van der Waals surface area contributed by atoms with Gasteiger partial charge in [0.1, 0.15) is 6.10 Å². The van der Waals surface area contributed by atoms with Crippen molar-refractivity contribution in [3.8, 4) is 0 Å². The van der Waals surface area contributed by atoms with Crippen molar-refractivity contribution in [2.75, 3.05) is 0 Å². The van der Waals surface area contributed by atoms with Gasteiger partial charge in [-0.3, -0.25) is 4.98 Å². The Bertz CT molecular complexity index is 573. The molecule has 0 amide bonds. The molecule has 1 N–H and O–H groups in total. The number of fused-ring (bicyclic) bond motifs is 2. The van der Waals surface area contributed by atoms with Gasteiger partial charge in [0.25, 0.3) is 0 Å². The molecule has 2 nitrogen and oxygen atoms in total. The Hall–Kier alpha value is -1.03. The first kappa shape index (κ1) is 11.1. The minimum Gasteiger partial charge on any atom is -0.382 e. The zero-order valence-corrected chi connectivity index (χ0v) is 10.5. The number of pyridine rings is 1. The summed E-state index contributed by atoms with van der Waals surface area (Å²) in [5.74, 6) is 0.813. The molecule has 1 aliphatic rings. The molecule has 3 rings (SSSR count). The Labute approximate surface area is 109 Å². The van der Waals surface area contributed by atoms with Crippen molar-refractivity contribution in [3.05, 3.63) is 58.4 Å². The smallest absolute Gasteiger partial charge is 0.122 e. The van der Waals surface area contributed by atoms with Crippen LogP contribution in [0.3, 0.4) is 0 Å². The first-order valence-corrected chi connectivity index (χ1v) is 6.66. The summed E-state index contributed by atoms with van der Waals surface area (Å²) < 4.78 is 0. The summed E-state index contributed by atoms with van der Waals surface area (Å²) in [7, 11) is 0. The Morgan fingerprint density at radius 2 is 2.24 bits per heavy atom. The first-order chi connectivity index (χ1) is 8.25. The zero-order valence-electron chi connectivity index (χ0n) is 8.93. The van der Waals surface area contributed by atoms with Crippen LogP contribution in [0.15, 0.2) is 41.4 Å². The van der Waals surface area contributed by atoms with E-state index in [-0.39, 0.29) is 0 Å². The zero-order chi connectivity index (χ0) is 11.8. The second kappa shape index (κ2) is 4.33. The molecule has 0 radical (unpaired) electrons. The third kappa shape index (κ3) is 1.95. The van der Waals surface area contributed by atoms with Crippen molar-refractivity contribution in [2.24, 2.45) is 0 Å². The van der Waals surface area contributed by atoms with Gasteiger partial charge < -0.3 is 5.11 Å². The quantitative estimate of drug-likeness (QED) is 0.791. The monoisotopic (exact) mass is 263 g/mol. The second-order valence-electron chi connectivity index (χ2n) is 3.92. The van der Waals surface area contributed by atoms with Crippen LogP contribution in [-0.4, -0.2) is 10.1 Å². The van der Waals surface area contributed by atoms with E-state index in [2.05, 4.69) is 4.98 Å². The second-order valence-corrected chi connectivity index (χ2v) is 5.37. The van der Waals surface area contributed by atoms with E-state index >= 15 is 0 Å². The van der Waals surface area contributed by atoms with Gasteiger partial charge in [-0.1, -0.05) is 23.7 Å². The summed E-state index contributed by atoms with van der Waals surface area (Å²) in [6.07, 6.45) is 1.06. The number of benzene rings is 1. The number of nitrogens with zero attached hydrogens (tertiary/aromatic N) is 1. The molecule has 4 heteroatoms. The molecule has 0 bridgehead atoms. The van der Waals surface area contributed by atoms with Gasteiger partial charge in [0, 0.05) is 27.4 Å². The summed E-state index contributed by atoms with van der Waals surface area (Å²) in [6, 6.07) is 9.48. The molecule has 2 aromatic rings. The lowest BCUT2D eigenvalue weighted by atomic mass is 10.0. The molecule has 86 valence electrons. The molecule has 2 heterocycles. The van der Waals surface area contributed by atoms with E-state index in [1.165, 1.54) is 0 Å². The lowest BCUT2D eigenvalue weighted by Gasteiger charge is -2.12. The van der Waals surface area contributed by atoms with E-state index in [1.807, 2.05) is 24.3 Å². The van der Waals surface area contributed by atoms with Crippen molar-refractivity contribution in [1.29, 1.82) is 0 Å². The van der Waals surface area contributed by atoms with E-state index in [4.69, 9.17) is 11.6 Å². The summed E-state index contributed by atoms with van der Waals surface area (Å²) in [5.41, 5.74) is 2.72. The number of aromatic nitrogens is 1. The minimum atomic E-state index is -0.659. The summed E-state index contributed by atoms with van der Waals surface area (Å²) >= 11 is 7.66. The molecule has 0 spiro atoms. The third-order valence-electron chi connectivity index (χ3n) is 2.84. The van der Waals surface area contributed by atoms with Crippen LogP contribution in [0.4, 0.5) is 0 Å². The van der Waals surface area contributed by atoms with Gasteiger partial charge in [0.15, 0.2) is 0 Å². The van der Waals surface area contributed by atoms with Gasteiger partial charge in [0.05, 0.1) is 5.69 Å². The molecule has 0 saturated heterocycles. The van der Waals surface area contributed by atoms with Crippen LogP contribution in [0.25, 0.3) is 0 Å². The third-order valence-corrected chi connectivity index (χ3v) is 4.19.